The first-order chi connectivity index (χ1) is 12.4. The molecule has 130 valence electrons. The summed E-state index contributed by atoms with van der Waals surface area (Å²) in [5.41, 5.74) is 1.96. The van der Waals surface area contributed by atoms with Crippen LogP contribution in [0.4, 0.5) is 5.13 Å². The highest BCUT2D eigenvalue weighted by Crippen LogP contribution is 2.30. The number of hydrogen-bond donors (Lipinski definition) is 1. The van der Waals surface area contributed by atoms with Crippen LogP contribution in [0, 0.1) is 0 Å². The van der Waals surface area contributed by atoms with Gasteiger partial charge in [-0.15, -0.1) is 21.5 Å². The van der Waals surface area contributed by atoms with Crippen LogP contribution in [0.15, 0.2) is 34.1 Å². The predicted molar refractivity (Wildman–Crippen MR) is 102 cm³/mol. The zero-order chi connectivity index (χ0) is 16.9. The van der Waals surface area contributed by atoms with Crippen molar-refractivity contribution in [3.8, 4) is 10.7 Å². The van der Waals surface area contributed by atoms with Crippen LogP contribution >= 0.6 is 34.4 Å². The van der Waals surface area contributed by atoms with E-state index in [0.717, 1.165) is 57.6 Å². The number of aromatic nitrogens is 4. The Morgan fingerprint density at radius 1 is 1.32 bits per heavy atom. The first-order valence-electron chi connectivity index (χ1n) is 8.04. The van der Waals surface area contributed by atoms with Gasteiger partial charge >= 0.3 is 0 Å². The summed E-state index contributed by atoms with van der Waals surface area (Å²) in [5, 5.41) is 15.6. The molecule has 3 aromatic rings. The van der Waals surface area contributed by atoms with Crippen molar-refractivity contribution in [1.82, 2.24) is 20.2 Å². The van der Waals surface area contributed by atoms with E-state index >= 15 is 0 Å². The summed E-state index contributed by atoms with van der Waals surface area (Å²) in [5.74, 6) is 0.781. The average molecular weight is 392 g/mol. The Bertz CT molecular complexity index is 801. The molecule has 25 heavy (non-hydrogen) atoms. The quantitative estimate of drug-likeness (QED) is 0.612. The van der Waals surface area contributed by atoms with Crippen molar-refractivity contribution >= 4 is 39.6 Å². The van der Waals surface area contributed by atoms with Crippen molar-refractivity contribution in [2.45, 2.75) is 29.0 Å². The molecular formula is C16H17N5OS3. The van der Waals surface area contributed by atoms with E-state index < -0.39 is 0 Å². The lowest BCUT2D eigenvalue weighted by atomic mass is 10.2. The van der Waals surface area contributed by atoms with Gasteiger partial charge in [-0.1, -0.05) is 29.2 Å². The molecule has 1 aliphatic heterocycles. The van der Waals surface area contributed by atoms with Crippen LogP contribution in [0.3, 0.4) is 0 Å². The van der Waals surface area contributed by atoms with Crippen LogP contribution in [0.1, 0.15) is 18.5 Å². The summed E-state index contributed by atoms with van der Waals surface area (Å²) < 4.78 is 6.55. The van der Waals surface area contributed by atoms with Crippen molar-refractivity contribution in [2.75, 3.05) is 18.5 Å². The van der Waals surface area contributed by atoms with Gasteiger partial charge in [0.1, 0.15) is 5.01 Å². The lowest BCUT2D eigenvalue weighted by Crippen LogP contribution is -2.18. The highest BCUT2D eigenvalue weighted by Gasteiger charge is 2.16. The zero-order valence-corrected chi connectivity index (χ0v) is 15.9. The second-order valence-electron chi connectivity index (χ2n) is 5.54. The molecule has 0 amide bonds. The van der Waals surface area contributed by atoms with E-state index in [1.807, 2.05) is 18.2 Å². The monoisotopic (exact) mass is 391 g/mol. The third-order valence-electron chi connectivity index (χ3n) is 3.69. The Morgan fingerprint density at radius 2 is 2.32 bits per heavy atom. The van der Waals surface area contributed by atoms with Crippen LogP contribution in [0.25, 0.3) is 10.7 Å². The highest BCUT2D eigenvalue weighted by molar-refractivity contribution is 8.00. The van der Waals surface area contributed by atoms with Crippen molar-refractivity contribution < 1.29 is 4.74 Å². The maximum absolute atomic E-state index is 5.60. The SMILES string of the molecule is c1ccc(-c2nc(CSc3nnc(NCC4CCCO4)s3)cs2)nc1. The molecule has 1 N–H and O–H groups in total. The Labute approximate surface area is 158 Å². The number of thiazole rings is 1. The molecule has 6 nitrogen and oxygen atoms in total. The topological polar surface area (TPSA) is 72.8 Å². The zero-order valence-electron chi connectivity index (χ0n) is 13.4. The molecule has 4 heterocycles. The molecule has 0 aliphatic carbocycles. The maximum Gasteiger partial charge on any atom is 0.206 e. The van der Waals surface area contributed by atoms with Crippen molar-refractivity contribution in [2.24, 2.45) is 0 Å². The van der Waals surface area contributed by atoms with Crippen LogP contribution in [-0.4, -0.2) is 39.4 Å². The molecule has 0 bridgehead atoms. The molecule has 1 fully saturated rings. The number of anilines is 1. The predicted octanol–water partition coefficient (Wildman–Crippen LogP) is 3.94. The third-order valence-corrected chi connectivity index (χ3v) is 6.65. The molecule has 4 rings (SSSR count). The van der Waals surface area contributed by atoms with Crippen molar-refractivity contribution in [1.29, 1.82) is 0 Å². The number of nitrogens with zero attached hydrogens (tertiary/aromatic N) is 4. The van der Waals surface area contributed by atoms with Gasteiger partial charge in [0.2, 0.25) is 5.13 Å². The number of thioether (sulfide) groups is 1. The Hall–Kier alpha value is -1.55. The summed E-state index contributed by atoms with van der Waals surface area (Å²) in [6.07, 6.45) is 4.37. The maximum atomic E-state index is 5.60. The Morgan fingerprint density at radius 3 is 3.16 bits per heavy atom. The van der Waals surface area contributed by atoms with Gasteiger partial charge in [-0.2, -0.15) is 0 Å². The van der Waals surface area contributed by atoms with Gasteiger partial charge in [0.05, 0.1) is 17.5 Å². The molecule has 0 saturated carbocycles. The van der Waals surface area contributed by atoms with E-state index in [9.17, 15) is 0 Å². The fourth-order valence-electron chi connectivity index (χ4n) is 2.46. The largest absolute Gasteiger partial charge is 0.376 e. The third kappa shape index (κ3) is 4.55. The molecule has 1 unspecified atom stereocenters. The molecule has 1 atom stereocenters. The molecule has 0 radical (unpaired) electrons. The van der Waals surface area contributed by atoms with Crippen molar-refractivity contribution in [3.63, 3.8) is 0 Å². The molecule has 1 aliphatic rings. The lowest BCUT2D eigenvalue weighted by Gasteiger charge is -2.08. The highest BCUT2D eigenvalue weighted by atomic mass is 32.2. The normalized spacial score (nSPS) is 17.0. The lowest BCUT2D eigenvalue weighted by molar-refractivity contribution is 0.120. The van der Waals surface area contributed by atoms with Crippen LogP contribution in [0.2, 0.25) is 0 Å². The van der Waals surface area contributed by atoms with Gasteiger partial charge in [-0.05, 0) is 25.0 Å². The molecule has 1 saturated heterocycles. The fraction of sp³-hybridized carbons (Fsp3) is 0.375. The average Bonchev–Trinajstić information content (AvgIpc) is 3.40. The number of pyridine rings is 1. The summed E-state index contributed by atoms with van der Waals surface area (Å²) in [6.45, 7) is 1.68. The van der Waals surface area contributed by atoms with Gasteiger partial charge in [-0.3, -0.25) is 4.98 Å². The fourth-order valence-corrected chi connectivity index (χ4v) is 5.01. The minimum absolute atomic E-state index is 0.306. The Balaban J connectivity index is 1.29. The number of hydrogen-bond acceptors (Lipinski definition) is 9. The van der Waals surface area contributed by atoms with E-state index in [0.29, 0.717) is 6.10 Å². The van der Waals surface area contributed by atoms with E-state index in [4.69, 9.17) is 4.74 Å². The smallest absolute Gasteiger partial charge is 0.206 e. The van der Waals surface area contributed by atoms with Crippen LogP contribution in [-0.2, 0) is 10.5 Å². The van der Waals surface area contributed by atoms with Gasteiger partial charge in [0.25, 0.3) is 0 Å². The minimum atomic E-state index is 0.306. The summed E-state index contributed by atoms with van der Waals surface area (Å²) in [7, 11) is 0. The van der Waals surface area contributed by atoms with E-state index in [2.05, 4.69) is 30.9 Å². The first-order valence-corrected chi connectivity index (χ1v) is 10.7. The van der Waals surface area contributed by atoms with Crippen LogP contribution in [0.5, 0.6) is 0 Å². The van der Waals surface area contributed by atoms with Gasteiger partial charge in [-0.25, -0.2) is 4.98 Å². The van der Waals surface area contributed by atoms with E-state index in [-0.39, 0.29) is 0 Å². The van der Waals surface area contributed by atoms with Gasteiger partial charge in [0, 0.05) is 30.5 Å². The van der Waals surface area contributed by atoms with Gasteiger partial charge < -0.3 is 10.1 Å². The first kappa shape index (κ1) is 16.9. The second-order valence-corrected chi connectivity index (χ2v) is 8.59. The molecule has 0 spiro atoms. The van der Waals surface area contributed by atoms with E-state index in [1.54, 1.807) is 40.6 Å². The minimum Gasteiger partial charge on any atom is -0.376 e. The standard InChI is InChI=1S/C16H17N5OS3/c1-2-6-17-13(5-1)14-19-11(9-23-14)10-24-16-21-20-15(25-16)18-8-12-4-3-7-22-12/h1-2,5-6,9,12H,3-4,7-8,10H2,(H,18,20). The molecular weight excluding hydrogens is 374 g/mol. The number of ether oxygens (including phenoxy) is 1. The summed E-state index contributed by atoms with van der Waals surface area (Å²) in [4.78, 5) is 8.99. The van der Waals surface area contributed by atoms with Crippen LogP contribution < -0.4 is 5.32 Å². The second kappa shape index (κ2) is 8.22. The van der Waals surface area contributed by atoms with Crippen molar-refractivity contribution in [3.05, 3.63) is 35.5 Å². The number of nitrogens with one attached hydrogen (secondary N) is 1. The van der Waals surface area contributed by atoms with E-state index in [1.165, 1.54) is 0 Å². The number of rotatable bonds is 7. The van der Waals surface area contributed by atoms with Gasteiger partial charge in [0.15, 0.2) is 4.34 Å². The summed E-state index contributed by atoms with van der Waals surface area (Å²) >= 11 is 4.85. The molecule has 9 heteroatoms. The molecule has 3 aromatic heterocycles. The summed E-state index contributed by atoms with van der Waals surface area (Å²) in [6, 6.07) is 5.87. The molecule has 0 aromatic carbocycles. The Kier molecular flexibility index (Phi) is 5.55.